The van der Waals surface area contributed by atoms with Crippen LogP contribution >= 0.6 is 19.6 Å². The van der Waals surface area contributed by atoms with Crippen molar-refractivity contribution >= 4 is 54.1 Å². The minimum Gasteiger partial charge on any atom is -0.466 e. The Morgan fingerprint density at radius 1 is 1.00 bits per heavy atom. The Morgan fingerprint density at radius 2 is 1.70 bits per heavy atom. The lowest BCUT2D eigenvalue weighted by molar-refractivity contribution is -0.144. The molecule has 1 heterocycles. The van der Waals surface area contributed by atoms with Crippen molar-refractivity contribution in [2.75, 3.05) is 39.2 Å². The van der Waals surface area contributed by atoms with Gasteiger partial charge in [-0.25, -0.2) is 4.57 Å². The van der Waals surface area contributed by atoms with Crippen molar-refractivity contribution in [3.05, 3.63) is 0 Å². The fraction of sp³-hybridized carbons (Fsp3) is 0.727. The van der Waals surface area contributed by atoms with E-state index in [1.165, 1.54) is 0 Å². The Morgan fingerprint density at radius 3 is 2.35 bits per heavy atom. The van der Waals surface area contributed by atoms with Gasteiger partial charge in [-0.1, -0.05) is 25.6 Å². The van der Waals surface area contributed by atoms with Gasteiger partial charge in [0.05, 0.1) is 32.5 Å². The van der Waals surface area contributed by atoms with Crippen LogP contribution in [0.4, 0.5) is 0 Å². The molecule has 210 valence electrons. The molecule has 0 saturated carbocycles. The molecule has 1 aliphatic rings. The largest absolute Gasteiger partial charge is 0.475 e. The number of ether oxygens (including phenoxy) is 1. The maximum absolute atomic E-state index is 12.5. The number of rotatable bonds is 16. The van der Waals surface area contributed by atoms with Crippen molar-refractivity contribution in [3.8, 4) is 0 Å². The minimum atomic E-state index is -3.81. The molecule has 37 heavy (non-hydrogen) atoms. The molecule has 0 radical (unpaired) electrons. The molecule has 1 aliphatic heterocycles. The van der Waals surface area contributed by atoms with Gasteiger partial charge in [0.25, 0.3) is 0 Å². The highest BCUT2D eigenvalue weighted by Gasteiger charge is 2.48. The molecule has 0 bridgehead atoms. The van der Waals surface area contributed by atoms with E-state index >= 15 is 0 Å². The second-order valence-electron chi connectivity index (χ2n) is 8.72. The third kappa shape index (κ3) is 12.8. The lowest BCUT2D eigenvalue weighted by Crippen LogP contribution is -2.50. The third-order valence-electron chi connectivity index (χ3n) is 4.99. The molecule has 1 unspecified atom stereocenters. The van der Waals surface area contributed by atoms with Crippen LogP contribution < -0.4 is 10.6 Å². The van der Waals surface area contributed by atoms with Crippen molar-refractivity contribution in [3.63, 3.8) is 0 Å². The van der Waals surface area contributed by atoms with Gasteiger partial charge >= 0.3 is 13.8 Å². The number of carbonyl (C=O) groups is 6. The minimum absolute atomic E-state index is 0.00349. The fourth-order valence-corrected chi connectivity index (χ4v) is 5.09. The quantitative estimate of drug-likeness (QED) is 0.119. The summed E-state index contributed by atoms with van der Waals surface area (Å²) in [4.78, 5) is 71.1. The van der Waals surface area contributed by atoms with Gasteiger partial charge in [0, 0.05) is 44.2 Å². The fourth-order valence-electron chi connectivity index (χ4n) is 3.01. The normalized spacial score (nSPS) is 20.5. The van der Waals surface area contributed by atoms with Crippen LogP contribution in [0.25, 0.3) is 0 Å². The maximum Gasteiger partial charge on any atom is 0.475 e. The zero-order valence-corrected chi connectivity index (χ0v) is 23.2. The van der Waals surface area contributed by atoms with Gasteiger partial charge in [0.1, 0.15) is 11.6 Å². The van der Waals surface area contributed by atoms with Crippen LogP contribution in [0.3, 0.4) is 0 Å². The van der Waals surface area contributed by atoms with Crippen LogP contribution in [-0.4, -0.2) is 79.7 Å². The van der Waals surface area contributed by atoms with Crippen LogP contribution in [0.2, 0.25) is 0 Å². The Hall–Kier alpha value is -2.12. The number of nitrogens with one attached hydrogen (secondary N) is 2. The van der Waals surface area contributed by atoms with E-state index < -0.39 is 60.7 Å². The first-order valence-corrected chi connectivity index (χ1v) is 14.1. The molecule has 2 atom stereocenters. The summed E-state index contributed by atoms with van der Waals surface area (Å²) in [5, 5.41) is 4.72. The van der Waals surface area contributed by atoms with Crippen LogP contribution in [0.5, 0.6) is 0 Å². The summed E-state index contributed by atoms with van der Waals surface area (Å²) < 4.78 is 31.9. The molecule has 1 fully saturated rings. The second kappa shape index (κ2) is 16.0. The van der Waals surface area contributed by atoms with Crippen molar-refractivity contribution < 1.29 is 51.6 Å². The molecule has 1 saturated heterocycles. The first-order chi connectivity index (χ1) is 17.3. The van der Waals surface area contributed by atoms with Crippen molar-refractivity contribution in [1.82, 2.24) is 10.6 Å². The highest BCUT2D eigenvalue weighted by Crippen LogP contribution is 2.56. The van der Waals surface area contributed by atoms with E-state index in [0.717, 1.165) is 18.9 Å². The van der Waals surface area contributed by atoms with Gasteiger partial charge < -0.3 is 15.4 Å². The Bertz CT molecular complexity index is 909. The van der Waals surface area contributed by atoms with E-state index in [2.05, 4.69) is 10.6 Å². The molecule has 13 nitrogen and oxygen atoms in total. The number of thioether (sulfide) groups is 1. The molecule has 2 amide bonds. The molecule has 0 spiro atoms. The predicted octanol–water partition coefficient (Wildman–Crippen LogP) is 1.33. The van der Waals surface area contributed by atoms with Gasteiger partial charge in [-0.05, 0) is 6.92 Å². The van der Waals surface area contributed by atoms with Gasteiger partial charge in [-0.2, -0.15) is 0 Å². The highest BCUT2D eigenvalue weighted by atomic mass is 32.2. The van der Waals surface area contributed by atoms with Gasteiger partial charge in [-0.3, -0.25) is 42.3 Å². The third-order valence-corrected chi connectivity index (χ3v) is 7.22. The first kappa shape index (κ1) is 32.9. The molecule has 15 heteroatoms. The zero-order chi connectivity index (χ0) is 28.1. The molecule has 0 aliphatic carbocycles. The summed E-state index contributed by atoms with van der Waals surface area (Å²) in [5.74, 6) is -2.19. The lowest BCUT2D eigenvalue weighted by Gasteiger charge is -2.39. The number of ketones is 2. The maximum atomic E-state index is 12.5. The summed E-state index contributed by atoms with van der Waals surface area (Å²) in [6, 6.07) is 0. The van der Waals surface area contributed by atoms with E-state index in [-0.39, 0.29) is 57.2 Å². The summed E-state index contributed by atoms with van der Waals surface area (Å²) in [7, 11) is -2.66. The van der Waals surface area contributed by atoms with Gasteiger partial charge in [0.2, 0.25) is 11.8 Å². The standard InChI is InChI=1S/C22H35N2O11PS/c1-5-33-18(28)7-6-15(25)12-16(26)13-19(29)37-11-10-23-17(27)8-9-24-21(30)20-22(2,3)14-34-36(31,32-4)35-20/h20H,5-14H2,1-4H3,(H,23,27)(H,24,30)/t20-,36?/m0/s1. The van der Waals surface area contributed by atoms with E-state index in [1.807, 2.05) is 0 Å². The SMILES string of the molecule is CCOC(=O)CCC(=O)CC(=O)CC(=O)SCCNC(=O)CCNC(=O)[C@@H]1OP(=O)(OC)OCC1(C)C. The average molecular weight is 567 g/mol. The summed E-state index contributed by atoms with van der Waals surface area (Å²) in [6.07, 6.45) is -2.20. The first-order valence-electron chi connectivity index (χ1n) is 11.7. The highest BCUT2D eigenvalue weighted by molar-refractivity contribution is 8.13. The lowest BCUT2D eigenvalue weighted by atomic mass is 9.87. The van der Waals surface area contributed by atoms with Gasteiger partial charge in [0.15, 0.2) is 11.2 Å². The Balaban J connectivity index is 2.22. The molecule has 0 aromatic rings. The molecule has 2 N–H and O–H groups in total. The second-order valence-corrected chi connectivity index (χ2v) is 11.6. The number of carbonyl (C=O) groups excluding carboxylic acids is 6. The summed E-state index contributed by atoms with van der Waals surface area (Å²) >= 11 is 0.851. The predicted molar refractivity (Wildman–Crippen MR) is 132 cm³/mol. The van der Waals surface area contributed by atoms with Crippen LogP contribution in [0.15, 0.2) is 0 Å². The Labute approximate surface area is 220 Å². The molecule has 1 rings (SSSR count). The van der Waals surface area contributed by atoms with Crippen LogP contribution in [0, 0.1) is 5.41 Å². The van der Waals surface area contributed by atoms with Gasteiger partial charge in [-0.15, -0.1) is 0 Å². The van der Waals surface area contributed by atoms with Crippen molar-refractivity contribution in [2.45, 2.75) is 59.0 Å². The van der Waals surface area contributed by atoms with E-state index in [9.17, 15) is 33.3 Å². The molecular formula is C22H35N2O11PS. The topological polar surface area (TPSA) is 180 Å². The van der Waals surface area contributed by atoms with E-state index in [1.54, 1.807) is 20.8 Å². The zero-order valence-electron chi connectivity index (χ0n) is 21.5. The van der Waals surface area contributed by atoms with Crippen LogP contribution in [0.1, 0.15) is 52.9 Å². The number of esters is 1. The summed E-state index contributed by atoms with van der Waals surface area (Å²) in [5.41, 5.74) is -0.764. The monoisotopic (exact) mass is 566 g/mol. The number of phosphoric ester groups is 1. The number of Topliss-reactive ketones (excluding diaryl/α,β-unsaturated/α-hetero) is 2. The average Bonchev–Trinajstić information content (AvgIpc) is 2.82. The van der Waals surface area contributed by atoms with Crippen molar-refractivity contribution in [1.29, 1.82) is 0 Å². The molecule has 0 aromatic carbocycles. The van der Waals surface area contributed by atoms with E-state index in [4.69, 9.17) is 18.3 Å². The van der Waals surface area contributed by atoms with Crippen molar-refractivity contribution in [2.24, 2.45) is 5.41 Å². The number of hydrogen-bond donors (Lipinski definition) is 2. The van der Waals surface area contributed by atoms with Crippen LogP contribution in [-0.2, 0) is 51.6 Å². The number of phosphoric acid groups is 1. The summed E-state index contributed by atoms with van der Waals surface area (Å²) in [6.45, 7) is 5.42. The van der Waals surface area contributed by atoms with E-state index in [0.29, 0.717) is 0 Å². The number of amides is 2. The molecular weight excluding hydrogens is 531 g/mol. The molecule has 0 aromatic heterocycles. The number of hydrogen-bond acceptors (Lipinski definition) is 12. The smallest absolute Gasteiger partial charge is 0.466 e. The Kier molecular flexibility index (Phi) is 14.2.